The highest BCUT2D eigenvalue weighted by atomic mass is 16.5. The number of benzene rings is 2. The van der Waals surface area contributed by atoms with Crippen molar-refractivity contribution in [3.63, 3.8) is 0 Å². The zero-order valence-corrected chi connectivity index (χ0v) is 16.6. The van der Waals surface area contributed by atoms with Gasteiger partial charge in [0.25, 0.3) is 0 Å². The fourth-order valence-electron chi connectivity index (χ4n) is 3.11. The Labute approximate surface area is 165 Å². The summed E-state index contributed by atoms with van der Waals surface area (Å²) >= 11 is 0. The molecule has 28 heavy (non-hydrogen) atoms. The monoisotopic (exact) mass is 376 g/mol. The van der Waals surface area contributed by atoms with Gasteiger partial charge >= 0.3 is 5.63 Å². The fraction of sp³-hybridized carbons (Fsp3) is 0.208. The van der Waals surface area contributed by atoms with Gasteiger partial charge in [0.1, 0.15) is 5.76 Å². The maximum atomic E-state index is 12.2. The van der Waals surface area contributed by atoms with Crippen LogP contribution in [-0.4, -0.2) is 14.2 Å². The van der Waals surface area contributed by atoms with Crippen LogP contribution in [0, 0.1) is 0 Å². The molecule has 144 valence electrons. The lowest BCUT2D eigenvalue weighted by molar-refractivity contribution is 0.355. The van der Waals surface area contributed by atoms with E-state index in [1.54, 1.807) is 14.2 Å². The average Bonchev–Trinajstić information content (AvgIpc) is 2.72. The molecule has 1 aromatic heterocycles. The van der Waals surface area contributed by atoms with Crippen LogP contribution in [0.15, 0.2) is 63.8 Å². The van der Waals surface area contributed by atoms with Gasteiger partial charge in [-0.05, 0) is 28.8 Å². The zero-order chi connectivity index (χ0) is 20.1. The van der Waals surface area contributed by atoms with E-state index in [9.17, 15) is 4.79 Å². The highest BCUT2D eigenvalue weighted by Gasteiger charge is 2.17. The Hall–Kier alpha value is -3.27. The van der Waals surface area contributed by atoms with Gasteiger partial charge in [-0.1, -0.05) is 62.4 Å². The lowest BCUT2D eigenvalue weighted by Gasteiger charge is -2.15. The number of ether oxygens (including phenoxy) is 2. The second-order valence-corrected chi connectivity index (χ2v) is 6.73. The van der Waals surface area contributed by atoms with Gasteiger partial charge in [-0.2, -0.15) is 0 Å². The van der Waals surface area contributed by atoms with Crippen molar-refractivity contribution in [2.24, 2.45) is 0 Å². The SMILES string of the molecule is COc1ccc(-c2cc(=O)oc(C(C)C)c2/C=C/c2ccccc2)cc1OC. The third kappa shape index (κ3) is 4.17. The van der Waals surface area contributed by atoms with E-state index in [0.29, 0.717) is 17.3 Å². The molecule has 0 unspecified atom stereocenters. The zero-order valence-electron chi connectivity index (χ0n) is 16.6. The summed E-state index contributed by atoms with van der Waals surface area (Å²) < 4.78 is 16.3. The van der Waals surface area contributed by atoms with Crippen molar-refractivity contribution < 1.29 is 13.9 Å². The molecule has 4 nitrogen and oxygen atoms in total. The first kappa shape index (κ1) is 19.5. The predicted octanol–water partition coefficient (Wildman–Crippen LogP) is 5.62. The summed E-state index contributed by atoms with van der Waals surface area (Å²) in [5.74, 6) is 1.96. The molecule has 0 amide bonds. The Balaban J connectivity index is 2.20. The third-order valence-electron chi connectivity index (χ3n) is 4.49. The van der Waals surface area contributed by atoms with E-state index in [-0.39, 0.29) is 11.5 Å². The second kappa shape index (κ2) is 8.61. The van der Waals surface area contributed by atoms with E-state index in [1.165, 1.54) is 6.07 Å². The van der Waals surface area contributed by atoms with Crippen molar-refractivity contribution in [2.75, 3.05) is 14.2 Å². The van der Waals surface area contributed by atoms with Gasteiger partial charge < -0.3 is 13.9 Å². The summed E-state index contributed by atoms with van der Waals surface area (Å²) in [5, 5.41) is 0. The van der Waals surface area contributed by atoms with Gasteiger partial charge in [-0.25, -0.2) is 4.79 Å². The summed E-state index contributed by atoms with van der Waals surface area (Å²) in [4.78, 5) is 12.2. The maximum Gasteiger partial charge on any atom is 0.336 e. The molecule has 0 fully saturated rings. The van der Waals surface area contributed by atoms with Crippen LogP contribution < -0.4 is 15.1 Å². The Morgan fingerprint density at radius 3 is 2.25 bits per heavy atom. The highest BCUT2D eigenvalue weighted by molar-refractivity contribution is 5.82. The molecule has 0 N–H and O–H groups in total. The Morgan fingerprint density at radius 2 is 1.61 bits per heavy atom. The Kier molecular flexibility index (Phi) is 5.99. The average molecular weight is 376 g/mol. The van der Waals surface area contributed by atoms with E-state index in [4.69, 9.17) is 13.9 Å². The van der Waals surface area contributed by atoms with Crippen molar-refractivity contribution in [3.05, 3.63) is 81.9 Å². The first-order valence-corrected chi connectivity index (χ1v) is 9.17. The lowest BCUT2D eigenvalue weighted by Crippen LogP contribution is -2.06. The topological polar surface area (TPSA) is 48.7 Å². The van der Waals surface area contributed by atoms with E-state index in [0.717, 1.165) is 22.3 Å². The summed E-state index contributed by atoms with van der Waals surface area (Å²) in [5.41, 5.74) is 3.24. The van der Waals surface area contributed by atoms with Gasteiger partial charge in [0.05, 0.1) is 14.2 Å². The van der Waals surface area contributed by atoms with Crippen LogP contribution in [-0.2, 0) is 0 Å². The van der Waals surface area contributed by atoms with Crippen LogP contribution in [0.2, 0.25) is 0 Å². The minimum Gasteiger partial charge on any atom is -0.493 e. The van der Waals surface area contributed by atoms with Crippen molar-refractivity contribution in [2.45, 2.75) is 19.8 Å². The van der Waals surface area contributed by atoms with E-state index >= 15 is 0 Å². The molecule has 0 saturated heterocycles. The molecule has 0 aliphatic heterocycles. The first-order chi connectivity index (χ1) is 13.5. The number of hydrogen-bond acceptors (Lipinski definition) is 4. The van der Waals surface area contributed by atoms with Crippen LogP contribution in [0.4, 0.5) is 0 Å². The van der Waals surface area contributed by atoms with Crippen molar-refractivity contribution in [3.8, 4) is 22.6 Å². The summed E-state index contributed by atoms with van der Waals surface area (Å²) in [6.45, 7) is 4.02. The number of hydrogen-bond donors (Lipinski definition) is 0. The van der Waals surface area contributed by atoms with E-state index in [1.807, 2.05) is 74.5 Å². The molecule has 2 aromatic carbocycles. The first-order valence-electron chi connectivity index (χ1n) is 9.17. The Bertz CT molecular complexity index is 1030. The largest absolute Gasteiger partial charge is 0.493 e. The van der Waals surface area contributed by atoms with Crippen LogP contribution in [0.1, 0.15) is 36.7 Å². The smallest absolute Gasteiger partial charge is 0.336 e. The third-order valence-corrected chi connectivity index (χ3v) is 4.49. The molecule has 3 rings (SSSR count). The standard InChI is InChI=1S/C24H24O4/c1-16(2)24-19(12-10-17-8-6-5-7-9-17)20(15-23(25)28-24)18-11-13-21(26-3)22(14-18)27-4/h5-16H,1-4H3/b12-10+. The molecule has 1 heterocycles. The fourth-order valence-corrected chi connectivity index (χ4v) is 3.11. The van der Waals surface area contributed by atoms with Crippen LogP contribution in [0.3, 0.4) is 0 Å². The quantitative estimate of drug-likeness (QED) is 0.560. The van der Waals surface area contributed by atoms with Crippen LogP contribution in [0.5, 0.6) is 11.5 Å². The van der Waals surface area contributed by atoms with Crippen molar-refractivity contribution in [1.29, 1.82) is 0 Å². The normalized spacial score (nSPS) is 11.2. The minimum absolute atomic E-state index is 0.0585. The summed E-state index contributed by atoms with van der Waals surface area (Å²) in [6, 6.07) is 17.2. The molecule has 3 aromatic rings. The van der Waals surface area contributed by atoms with Gasteiger partial charge in [0.15, 0.2) is 11.5 Å². The van der Waals surface area contributed by atoms with Crippen molar-refractivity contribution in [1.82, 2.24) is 0 Å². The molecule has 0 bridgehead atoms. The van der Waals surface area contributed by atoms with Gasteiger partial charge in [-0.15, -0.1) is 0 Å². The molecule has 0 atom stereocenters. The van der Waals surface area contributed by atoms with Crippen LogP contribution in [0.25, 0.3) is 23.3 Å². The van der Waals surface area contributed by atoms with Gasteiger partial charge in [0.2, 0.25) is 0 Å². The van der Waals surface area contributed by atoms with E-state index in [2.05, 4.69) is 0 Å². The molecule has 0 radical (unpaired) electrons. The lowest BCUT2D eigenvalue weighted by atomic mass is 9.95. The number of rotatable bonds is 6. The minimum atomic E-state index is -0.370. The molecule has 0 aliphatic carbocycles. The second-order valence-electron chi connectivity index (χ2n) is 6.73. The maximum absolute atomic E-state index is 12.2. The Morgan fingerprint density at radius 1 is 0.893 bits per heavy atom. The summed E-state index contributed by atoms with van der Waals surface area (Å²) in [6.07, 6.45) is 4.02. The van der Waals surface area contributed by atoms with Crippen molar-refractivity contribution >= 4 is 12.2 Å². The number of methoxy groups -OCH3 is 2. The molecule has 0 aliphatic rings. The molecule has 0 saturated carbocycles. The van der Waals surface area contributed by atoms with Crippen LogP contribution >= 0.6 is 0 Å². The van der Waals surface area contributed by atoms with Gasteiger partial charge in [-0.3, -0.25) is 0 Å². The molecular weight excluding hydrogens is 352 g/mol. The van der Waals surface area contributed by atoms with E-state index < -0.39 is 0 Å². The predicted molar refractivity (Wildman–Crippen MR) is 113 cm³/mol. The summed E-state index contributed by atoms with van der Waals surface area (Å²) in [7, 11) is 3.19. The molecule has 4 heteroatoms. The molecular formula is C24H24O4. The highest BCUT2D eigenvalue weighted by Crippen LogP contribution is 2.36. The molecule has 0 spiro atoms. The van der Waals surface area contributed by atoms with Gasteiger partial charge in [0, 0.05) is 17.5 Å².